The van der Waals surface area contributed by atoms with Crippen molar-refractivity contribution in [1.29, 1.82) is 0 Å². The molecule has 0 aliphatic carbocycles. The molecule has 1 atom stereocenters. The fourth-order valence-electron chi connectivity index (χ4n) is 1.55. The molecule has 0 N–H and O–H groups in total. The molecule has 1 fully saturated rings. The zero-order chi connectivity index (χ0) is 8.10. The number of alkyl halides is 1. The smallest absolute Gasteiger partial charge is 0.0599 e. The van der Waals surface area contributed by atoms with Crippen molar-refractivity contribution < 1.29 is 0 Å². The highest BCUT2D eigenvalue weighted by molar-refractivity contribution is 9.09. The van der Waals surface area contributed by atoms with E-state index < -0.39 is 0 Å². The minimum absolute atomic E-state index is 0.817. The number of halogens is 1. The van der Waals surface area contributed by atoms with Gasteiger partial charge in [0.15, 0.2) is 0 Å². The van der Waals surface area contributed by atoms with Crippen LogP contribution in [0.2, 0.25) is 0 Å². The van der Waals surface area contributed by atoms with Crippen LogP contribution in [0.1, 0.15) is 12.8 Å². The molecule has 1 saturated heterocycles. The third kappa shape index (κ3) is 2.84. The van der Waals surface area contributed by atoms with Gasteiger partial charge in [0.2, 0.25) is 0 Å². The zero-order valence-electron chi connectivity index (χ0n) is 6.72. The Morgan fingerprint density at radius 2 is 2.45 bits per heavy atom. The van der Waals surface area contributed by atoms with Crippen molar-refractivity contribution in [3.05, 3.63) is 0 Å². The Morgan fingerprint density at radius 1 is 1.64 bits per heavy atom. The summed E-state index contributed by atoms with van der Waals surface area (Å²) in [6.45, 7) is 3.19. The van der Waals surface area contributed by atoms with E-state index in [1.807, 2.05) is 0 Å². The van der Waals surface area contributed by atoms with E-state index in [2.05, 4.69) is 26.8 Å². The van der Waals surface area contributed by atoms with Crippen LogP contribution in [-0.2, 0) is 0 Å². The number of nitrogens with zero attached hydrogens (tertiary/aromatic N) is 1. The van der Waals surface area contributed by atoms with Crippen LogP contribution in [0.15, 0.2) is 0 Å². The van der Waals surface area contributed by atoms with Crippen LogP contribution >= 0.6 is 15.9 Å². The Bertz CT molecular complexity index is 150. The second kappa shape index (κ2) is 4.79. The molecule has 0 aromatic carbocycles. The number of hydrogen-bond acceptors (Lipinski definition) is 1. The van der Waals surface area contributed by atoms with Gasteiger partial charge < -0.3 is 0 Å². The first-order valence-corrected chi connectivity index (χ1v) is 5.20. The van der Waals surface area contributed by atoms with Crippen LogP contribution in [0.25, 0.3) is 0 Å². The third-order valence-electron chi connectivity index (χ3n) is 2.14. The van der Waals surface area contributed by atoms with E-state index in [-0.39, 0.29) is 0 Å². The predicted molar refractivity (Wildman–Crippen MR) is 51.8 cm³/mol. The number of hydrogen-bond donors (Lipinski definition) is 0. The molecule has 0 radical (unpaired) electrons. The molecule has 11 heavy (non-hydrogen) atoms. The molecule has 0 spiro atoms. The van der Waals surface area contributed by atoms with E-state index in [9.17, 15) is 0 Å². The van der Waals surface area contributed by atoms with Gasteiger partial charge in [-0.15, -0.1) is 6.42 Å². The first-order chi connectivity index (χ1) is 5.36. The summed E-state index contributed by atoms with van der Waals surface area (Å²) >= 11 is 3.51. The maximum Gasteiger partial charge on any atom is 0.0599 e. The van der Waals surface area contributed by atoms with Crippen molar-refractivity contribution in [2.45, 2.75) is 12.8 Å². The molecular formula is C9H14BrN. The van der Waals surface area contributed by atoms with Gasteiger partial charge in [0.25, 0.3) is 0 Å². The third-order valence-corrected chi connectivity index (χ3v) is 3.05. The SMILES string of the molecule is C#CCN1CCCC(CBr)C1. The summed E-state index contributed by atoms with van der Waals surface area (Å²) in [4.78, 5) is 2.36. The quantitative estimate of drug-likeness (QED) is 0.502. The van der Waals surface area contributed by atoms with E-state index in [1.54, 1.807) is 0 Å². The first kappa shape index (κ1) is 9.09. The summed E-state index contributed by atoms with van der Waals surface area (Å²) in [5.74, 6) is 3.51. The molecule has 0 aromatic rings. The van der Waals surface area contributed by atoms with Gasteiger partial charge in [0, 0.05) is 11.9 Å². The highest BCUT2D eigenvalue weighted by Gasteiger charge is 2.17. The molecule has 62 valence electrons. The fraction of sp³-hybridized carbons (Fsp3) is 0.778. The normalized spacial score (nSPS) is 26.4. The Kier molecular flexibility index (Phi) is 3.96. The first-order valence-electron chi connectivity index (χ1n) is 4.08. The van der Waals surface area contributed by atoms with Crippen LogP contribution in [-0.4, -0.2) is 29.9 Å². The second-order valence-corrected chi connectivity index (χ2v) is 3.75. The molecule has 1 aliphatic rings. The molecule has 0 saturated carbocycles. The highest BCUT2D eigenvalue weighted by Crippen LogP contribution is 2.17. The zero-order valence-corrected chi connectivity index (χ0v) is 8.31. The summed E-state index contributed by atoms with van der Waals surface area (Å²) in [5.41, 5.74) is 0. The standard InChI is InChI=1S/C9H14BrN/c1-2-5-11-6-3-4-9(7-10)8-11/h1,9H,3-8H2. The highest BCUT2D eigenvalue weighted by atomic mass is 79.9. The van der Waals surface area contributed by atoms with Crippen molar-refractivity contribution in [3.63, 3.8) is 0 Å². The molecule has 0 amide bonds. The lowest BCUT2D eigenvalue weighted by Crippen LogP contribution is -2.36. The van der Waals surface area contributed by atoms with Crippen LogP contribution < -0.4 is 0 Å². The van der Waals surface area contributed by atoms with E-state index in [1.165, 1.54) is 25.9 Å². The predicted octanol–water partition coefficient (Wildman–Crippen LogP) is 1.73. The molecule has 0 bridgehead atoms. The topological polar surface area (TPSA) is 3.24 Å². The molecule has 1 heterocycles. The largest absolute Gasteiger partial charge is 0.292 e. The lowest BCUT2D eigenvalue weighted by atomic mass is 10.0. The van der Waals surface area contributed by atoms with Crippen molar-refractivity contribution >= 4 is 15.9 Å². The summed E-state index contributed by atoms with van der Waals surface area (Å²) in [6.07, 6.45) is 7.90. The molecule has 1 nitrogen and oxygen atoms in total. The molecule has 1 aliphatic heterocycles. The van der Waals surface area contributed by atoms with Gasteiger partial charge in [-0.1, -0.05) is 21.9 Å². The molecule has 0 aromatic heterocycles. The average Bonchev–Trinajstić information content (AvgIpc) is 2.06. The number of terminal acetylenes is 1. The van der Waals surface area contributed by atoms with Crippen molar-refractivity contribution in [1.82, 2.24) is 4.90 Å². The van der Waals surface area contributed by atoms with Crippen molar-refractivity contribution in [2.24, 2.45) is 5.92 Å². The van der Waals surface area contributed by atoms with Crippen LogP contribution in [0, 0.1) is 18.3 Å². The van der Waals surface area contributed by atoms with Crippen molar-refractivity contribution in [2.75, 3.05) is 25.0 Å². The van der Waals surface area contributed by atoms with Gasteiger partial charge in [-0.2, -0.15) is 0 Å². The molecular weight excluding hydrogens is 202 g/mol. The molecule has 1 rings (SSSR count). The fourth-order valence-corrected chi connectivity index (χ4v) is 2.08. The maximum atomic E-state index is 5.24. The minimum Gasteiger partial charge on any atom is -0.292 e. The second-order valence-electron chi connectivity index (χ2n) is 3.10. The summed E-state index contributed by atoms with van der Waals surface area (Å²) in [5, 5.41) is 1.12. The molecule has 2 heteroatoms. The monoisotopic (exact) mass is 215 g/mol. The van der Waals surface area contributed by atoms with Crippen LogP contribution in [0.5, 0.6) is 0 Å². The Hall–Kier alpha value is 0. The Balaban J connectivity index is 2.28. The lowest BCUT2D eigenvalue weighted by molar-refractivity contribution is 0.207. The molecule has 1 unspecified atom stereocenters. The van der Waals surface area contributed by atoms with Gasteiger partial charge >= 0.3 is 0 Å². The van der Waals surface area contributed by atoms with Crippen molar-refractivity contribution in [3.8, 4) is 12.3 Å². The van der Waals surface area contributed by atoms with Gasteiger partial charge in [-0.3, -0.25) is 4.90 Å². The number of likely N-dealkylation sites (tertiary alicyclic amines) is 1. The van der Waals surface area contributed by atoms with Gasteiger partial charge in [0.05, 0.1) is 6.54 Å². The van der Waals surface area contributed by atoms with Crippen LogP contribution in [0.3, 0.4) is 0 Å². The van der Waals surface area contributed by atoms with E-state index in [0.29, 0.717) is 0 Å². The maximum absolute atomic E-state index is 5.24. The van der Waals surface area contributed by atoms with E-state index in [4.69, 9.17) is 6.42 Å². The van der Waals surface area contributed by atoms with Gasteiger partial charge in [0.1, 0.15) is 0 Å². The Labute approximate surface area is 77.3 Å². The number of piperidine rings is 1. The summed E-state index contributed by atoms with van der Waals surface area (Å²) in [6, 6.07) is 0. The van der Waals surface area contributed by atoms with Gasteiger partial charge in [-0.25, -0.2) is 0 Å². The van der Waals surface area contributed by atoms with E-state index >= 15 is 0 Å². The Morgan fingerprint density at radius 3 is 3.09 bits per heavy atom. The van der Waals surface area contributed by atoms with E-state index in [0.717, 1.165) is 17.8 Å². The van der Waals surface area contributed by atoms with Crippen LogP contribution in [0.4, 0.5) is 0 Å². The summed E-state index contributed by atoms with van der Waals surface area (Å²) < 4.78 is 0. The minimum atomic E-state index is 0.817. The lowest BCUT2D eigenvalue weighted by Gasteiger charge is -2.30. The van der Waals surface area contributed by atoms with Gasteiger partial charge in [-0.05, 0) is 25.3 Å². The number of rotatable bonds is 2. The summed E-state index contributed by atoms with van der Waals surface area (Å²) in [7, 11) is 0. The average molecular weight is 216 g/mol.